The number of nitrogens with two attached hydrogens (primary N) is 1. The van der Waals surface area contributed by atoms with Gasteiger partial charge in [0.1, 0.15) is 17.5 Å². The average molecular weight is 1680 g/mol. The Morgan fingerprint density at radius 3 is 1.47 bits per heavy atom. The molecule has 0 spiro atoms. The number of benzene rings is 6. The standard InChI is InChI=1S/C22H18BrFN6O5.C21H20BrFN6O4.C16H13BrFN5O6.C7H9N.Na.H2O/c23-15-11-14(8-9-16(15)24)30-20(29-34-22(30)33)18-19(28-35-27-18)25-10-4-7-17(31)21(32)26-12-13-5-2-1-3-6-13;22-15-12-14(7-8-16(15)23)26-20(27-32)18-19(29-33-28-18)24-10-11-25-21(31)17(30)9-6-13-4-2-1-3-5-13;1-27-15(25)11(24)3-2-6-19-13-12(20-29-21-13)14-22-28-16(26)23(14)8-4-5-10(18)9(17)7-8;8-6-7-4-2-1-3-5-7;;/h1-3,5-6,8-9,11H,4,7,10,12H2,(H,25,28)(H,26,32);1-5,7-8,12,32H,6,9-11H2,(H,24,29)(H,25,31)(H,26,27);4-5,7H,2-3,6H2,1H3,(H,19,21);1-5H,6,8H2;;1H2/q;;;;+1;/p-1. The number of hydrogen-bond donors (Lipinski definition) is 8. The summed E-state index contributed by atoms with van der Waals surface area (Å²) in [5, 5.41) is 53.0. The molecular formula is C66H61Br3F3N18NaO16. The van der Waals surface area contributed by atoms with Crippen LogP contribution in [-0.2, 0) is 53.0 Å². The second-order valence-electron chi connectivity index (χ2n) is 21.3. The van der Waals surface area contributed by atoms with E-state index in [1.807, 2.05) is 96.5 Å². The van der Waals surface area contributed by atoms with Gasteiger partial charge in [0.2, 0.25) is 46.5 Å². The molecular weight excluding hydrogens is 1620 g/mol. The molecule has 0 aliphatic carbocycles. The number of methoxy groups -OCH3 is 1. The molecule has 0 unspecified atom stereocenters. The number of aliphatic imine (C=N–C) groups is 1. The molecule has 6 aromatic carbocycles. The van der Waals surface area contributed by atoms with Crippen LogP contribution in [0.15, 0.2) is 197 Å². The first-order valence-electron chi connectivity index (χ1n) is 31.0. The van der Waals surface area contributed by atoms with Gasteiger partial charge in [-0.25, -0.2) is 55.6 Å². The summed E-state index contributed by atoms with van der Waals surface area (Å²) in [7, 11) is 1.13. The smallest absolute Gasteiger partial charge is 0.870 e. The van der Waals surface area contributed by atoms with Gasteiger partial charge in [-0.05, 0) is 169 Å². The molecule has 0 saturated carbocycles. The van der Waals surface area contributed by atoms with Crippen molar-refractivity contribution in [3.8, 4) is 34.4 Å². The number of nitrogens with one attached hydrogen (secondary N) is 6. The summed E-state index contributed by atoms with van der Waals surface area (Å²) < 4.78 is 71.1. The first-order valence-corrected chi connectivity index (χ1v) is 33.4. The molecule has 554 valence electrons. The molecule has 0 bridgehead atoms. The summed E-state index contributed by atoms with van der Waals surface area (Å²) in [4.78, 5) is 99.1. The second-order valence-corrected chi connectivity index (χ2v) is 23.9. The van der Waals surface area contributed by atoms with Crippen molar-refractivity contribution in [2.75, 3.05) is 49.2 Å². The quantitative estimate of drug-likeness (QED) is 0.00561. The summed E-state index contributed by atoms with van der Waals surface area (Å²) in [6.07, 6.45) is 1.20. The van der Waals surface area contributed by atoms with E-state index in [0.29, 0.717) is 31.5 Å². The number of amidine groups is 1. The Bertz CT molecular complexity index is 4910. The Balaban J connectivity index is 0.000000237. The van der Waals surface area contributed by atoms with Gasteiger partial charge in [0.15, 0.2) is 22.9 Å². The molecule has 107 heavy (non-hydrogen) atoms. The van der Waals surface area contributed by atoms with Crippen molar-refractivity contribution in [2.24, 2.45) is 10.7 Å². The van der Waals surface area contributed by atoms with E-state index in [-0.39, 0.29) is 164 Å². The maximum absolute atomic E-state index is 13.6. The number of carbonyl (C=O) groups excluding carboxylic acids is 6. The Hall–Kier alpha value is -11.0. The Morgan fingerprint density at radius 2 is 0.981 bits per heavy atom. The Kier molecular flexibility index (Phi) is 34.5. The largest absolute Gasteiger partial charge is 1.00 e. The molecule has 5 aromatic heterocycles. The van der Waals surface area contributed by atoms with E-state index in [4.69, 9.17) is 28.7 Å². The number of anilines is 3. The van der Waals surface area contributed by atoms with Crippen molar-refractivity contribution in [2.45, 2.75) is 51.6 Å². The van der Waals surface area contributed by atoms with Gasteiger partial charge in [-0.2, -0.15) is 0 Å². The van der Waals surface area contributed by atoms with Crippen molar-refractivity contribution in [1.29, 1.82) is 0 Å². The minimum absolute atomic E-state index is 0. The van der Waals surface area contributed by atoms with Crippen LogP contribution in [0.3, 0.4) is 0 Å². The fourth-order valence-electron chi connectivity index (χ4n) is 8.88. The monoisotopic (exact) mass is 1680 g/mol. The summed E-state index contributed by atoms with van der Waals surface area (Å²) in [5.41, 5.74) is 11.4. The number of hydroxylamine groups is 1. The van der Waals surface area contributed by atoms with Crippen LogP contribution in [0, 0.1) is 17.5 Å². The van der Waals surface area contributed by atoms with E-state index in [1.165, 1.54) is 60.2 Å². The van der Waals surface area contributed by atoms with Crippen molar-refractivity contribution in [3.05, 3.63) is 220 Å². The summed E-state index contributed by atoms with van der Waals surface area (Å²) in [6, 6.07) is 40.5. The molecule has 11 aromatic rings. The van der Waals surface area contributed by atoms with Crippen LogP contribution in [0.4, 0.5) is 36.3 Å². The number of rotatable bonds is 29. The molecule has 10 N–H and O–H groups in total. The number of Topliss-reactive ketones (excluding diaryl/α,β-unsaturated/α-hetero) is 3. The molecule has 5 heterocycles. The number of esters is 1. The fourth-order valence-corrected chi connectivity index (χ4v) is 9.98. The normalized spacial score (nSPS) is 10.6. The number of ether oxygens (including phenoxy) is 1. The predicted molar refractivity (Wildman–Crippen MR) is 379 cm³/mol. The van der Waals surface area contributed by atoms with Gasteiger partial charge in [0.25, 0.3) is 11.8 Å². The van der Waals surface area contributed by atoms with Gasteiger partial charge in [-0.1, -0.05) is 101 Å². The van der Waals surface area contributed by atoms with E-state index in [9.17, 15) is 56.7 Å². The van der Waals surface area contributed by atoms with Crippen LogP contribution in [-0.4, -0.2) is 135 Å². The van der Waals surface area contributed by atoms with E-state index in [0.717, 1.165) is 27.4 Å². The number of aryl methyl sites for hydroxylation is 1. The van der Waals surface area contributed by atoms with E-state index >= 15 is 0 Å². The number of aromatic nitrogens is 10. The van der Waals surface area contributed by atoms with Gasteiger partial charge in [-0.3, -0.25) is 43.7 Å². The molecule has 0 atom stereocenters. The third-order valence-corrected chi connectivity index (χ3v) is 15.9. The van der Waals surface area contributed by atoms with Crippen LogP contribution in [0.5, 0.6) is 0 Å². The van der Waals surface area contributed by atoms with Crippen LogP contribution in [0.25, 0.3) is 34.4 Å². The summed E-state index contributed by atoms with van der Waals surface area (Å²) in [6.45, 7) is 1.73. The predicted octanol–water partition coefficient (Wildman–Crippen LogP) is 5.30. The zero-order chi connectivity index (χ0) is 75.2. The fraction of sp³-hybridized carbons (Fsp3) is 0.197. The van der Waals surface area contributed by atoms with Crippen molar-refractivity contribution >= 4 is 112 Å². The number of nitrogens with zero attached hydrogens (tertiary/aromatic N) is 11. The molecule has 34 nitrogen and oxygen atoms in total. The van der Waals surface area contributed by atoms with Gasteiger partial charge < -0.3 is 42.5 Å². The maximum Gasteiger partial charge on any atom is 1.00 e. The summed E-state index contributed by atoms with van der Waals surface area (Å²) in [5.74, 6) is -6.79. The second kappa shape index (κ2) is 43.5. The topological polar surface area (TPSA) is 485 Å². The SMILES string of the molecule is COC(=O)C(=O)CCCNc1nonc1-c1noc(=O)n1-c1ccc(F)c(Br)c1.NCc1ccccc1.O=C(CCCNc1nonc1-c1noc(=O)n1-c1ccc(F)c(Br)c1)C(=O)NCc1ccccc1.O=C(CCc1ccccc1)C(=O)NCCNc1nonc1C(=Nc1ccc(F)c(Br)c1)NO.[Na+].[OH-]. The van der Waals surface area contributed by atoms with Gasteiger partial charge >= 0.3 is 47.0 Å². The van der Waals surface area contributed by atoms with Crippen LogP contribution < -0.4 is 78.9 Å². The zero-order valence-corrected chi connectivity index (χ0v) is 63.0. The first-order chi connectivity index (χ1) is 50.8. The van der Waals surface area contributed by atoms with Crippen molar-refractivity contribution in [3.63, 3.8) is 0 Å². The van der Waals surface area contributed by atoms with E-state index in [1.54, 1.807) is 0 Å². The van der Waals surface area contributed by atoms with E-state index < -0.39 is 64.1 Å². The average Bonchev–Trinajstić information content (AvgIpc) is 1.66. The van der Waals surface area contributed by atoms with Gasteiger partial charge in [0, 0.05) is 58.5 Å². The minimum atomic E-state index is -0.911. The molecule has 11 rings (SSSR count). The number of hydrogen-bond acceptors (Lipinski definition) is 29. The maximum atomic E-state index is 13.6. The molecule has 0 aliphatic rings. The van der Waals surface area contributed by atoms with Crippen LogP contribution in [0.1, 0.15) is 54.5 Å². The molecule has 0 aliphatic heterocycles. The van der Waals surface area contributed by atoms with Gasteiger partial charge in [0.05, 0.1) is 37.6 Å². The number of carbonyl (C=O) groups is 6. The first kappa shape index (κ1) is 85.0. The third-order valence-electron chi connectivity index (χ3n) is 14.1. The molecule has 0 saturated heterocycles. The molecule has 0 fully saturated rings. The van der Waals surface area contributed by atoms with Crippen LogP contribution in [0.2, 0.25) is 0 Å². The van der Waals surface area contributed by atoms with Gasteiger partial charge in [-0.15, -0.1) is 0 Å². The Morgan fingerprint density at radius 1 is 0.533 bits per heavy atom. The van der Waals surface area contributed by atoms with Crippen molar-refractivity contribution < 1.29 is 110 Å². The Labute approximate surface area is 649 Å². The number of halogens is 6. The summed E-state index contributed by atoms with van der Waals surface area (Å²) >= 11 is 9.19. The molecule has 0 radical (unpaired) electrons. The zero-order valence-electron chi connectivity index (χ0n) is 56.2. The molecule has 2 amide bonds. The molecule has 41 heteroatoms. The van der Waals surface area contributed by atoms with E-state index in [2.05, 4.69) is 125 Å². The number of ketones is 3. The van der Waals surface area contributed by atoms with Crippen LogP contribution >= 0.6 is 47.8 Å². The minimum Gasteiger partial charge on any atom is -0.870 e. The third kappa shape index (κ3) is 25.1. The number of amides is 2. The van der Waals surface area contributed by atoms with Crippen molar-refractivity contribution in [1.82, 2.24) is 66.5 Å².